The van der Waals surface area contributed by atoms with Gasteiger partial charge in [-0.1, -0.05) is 19.9 Å². The molecule has 1 aromatic carbocycles. The first-order valence-electron chi connectivity index (χ1n) is 7.31. The third kappa shape index (κ3) is 4.49. The number of benzene rings is 1. The second kappa shape index (κ2) is 7.87. The third-order valence-electron chi connectivity index (χ3n) is 3.62. The number of nitrogens with one attached hydrogen (secondary N) is 1. The lowest BCUT2D eigenvalue weighted by Gasteiger charge is -2.23. The lowest BCUT2D eigenvalue weighted by molar-refractivity contribution is 0.378. The lowest BCUT2D eigenvalue weighted by Crippen LogP contribution is -2.35. The first-order valence-corrected chi connectivity index (χ1v) is 8.75. The Morgan fingerprint density at radius 2 is 2.00 bits per heavy atom. The minimum Gasteiger partial charge on any atom is -0.313 e. The van der Waals surface area contributed by atoms with Crippen molar-refractivity contribution in [1.82, 2.24) is 9.62 Å². The van der Waals surface area contributed by atoms with Gasteiger partial charge in [-0.15, -0.1) is 0 Å². The van der Waals surface area contributed by atoms with Crippen molar-refractivity contribution in [2.75, 3.05) is 13.6 Å². The average molecular weight is 316 g/mol. The van der Waals surface area contributed by atoms with Crippen LogP contribution in [0.4, 0.5) is 4.39 Å². The Labute approximate surface area is 127 Å². The molecule has 1 rings (SSSR count). The summed E-state index contributed by atoms with van der Waals surface area (Å²) in [6, 6.07) is 4.13. The number of sulfonamides is 1. The number of halogens is 1. The fourth-order valence-corrected chi connectivity index (χ4v) is 3.40. The predicted molar refractivity (Wildman–Crippen MR) is 83.1 cm³/mol. The van der Waals surface area contributed by atoms with Crippen molar-refractivity contribution in [3.05, 3.63) is 29.6 Å². The minimum absolute atomic E-state index is 0.166. The van der Waals surface area contributed by atoms with Crippen LogP contribution in [-0.2, 0) is 16.6 Å². The Hall–Kier alpha value is -0.980. The zero-order chi connectivity index (χ0) is 16.0. The van der Waals surface area contributed by atoms with Crippen LogP contribution in [0.25, 0.3) is 0 Å². The Balaban J connectivity index is 2.98. The number of nitrogens with zero attached hydrogens (tertiary/aromatic N) is 1. The van der Waals surface area contributed by atoms with Gasteiger partial charge in [0.25, 0.3) is 0 Å². The van der Waals surface area contributed by atoms with Gasteiger partial charge in [0.05, 0.1) is 0 Å². The fraction of sp³-hybridized carbons (Fsp3) is 0.600. The van der Waals surface area contributed by atoms with E-state index in [-0.39, 0.29) is 10.9 Å². The topological polar surface area (TPSA) is 49.4 Å². The molecule has 1 aromatic rings. The standard InChI is InChI=1S/C15H25FN2O2S/c1-5-9-17-11-13-7-8-15(14(16)10-13)21(19,20)18(4)12(3)6-2/h7-8,10,12,17H,5-6,9,11H2,1-4H3. The van der Waals surface area contributed by atoms with E-state index in [1.165, 1.54) is 23.5 Å². The van der Waals surface area contributed by atoms with Crippen LogP contribution in [0.1, 0.15) is 39.2 Å². The highest BCUT2D eigenvalue weighted by molar-refractivity contribution is 7.89. The largest absolute Gasteiger partial charge is 0.313 e. The number of rotatable bonds is 8. The summed E-state index contributed by atoms with van der Waals surface area (Å²) in [6.07, 6.45) is 1.67. The average Bonchev–Trinajstić information content (AvgIpc) is 2.45. The van der Waals surface area contributed by atoms with Crippen molar-refractivity contribution in [3.8, 4) is 0 Å². The summed E-state index contributed by atoms with van der Waals surface area (Å²) in [7, 11) is -2.30. The van der Waals surface area contributed by atoms with E-state index in [1.54, 1.807) is 13.0 Å². The Morgan fingerprint density at radius 3 is 2.52 bits per heavy atom. The molecule has 1 N–H and O–H groups in total. The van der Waals surface area contributed by atoms with Crippen molar-refractivity contribution in [1.29, 1.82) is 0 Å². The van der Waals surface area contributed by atoms with Crippen LogP contribution in [0.5, 0.6) is 0 Å². The maximum atomic E-state index is 14.1. The highest BCUT2D eigenvalue weighted by Gasteiger charge is 2.27. The van der Waals surface area contributed by atoms with Crippen molar-refractivity contribution in [2.24, 2.45) is 0 Å². The number of hydrogen-bond donors (Lipinski definition) is 1. The van der Waals surface area contributed by atoms with Crippen LogP contribution in [0.2, 0.25) is 0 Å². The van der Waals surface area contributed by atoms with Gasteiger partial charge in [-0.05, 0) is 44.0 Å². The smallest absolute Gasteiger partial charge is 0.245 e. The highest BCUT2D eigenvalue weighted by atomic mass is 32.2. The Bertz CT molecular complexity index is 561. The molecule has 1 atom stereocenters. The molecule has 0 bridgehead atoms. The molecule has 0 aliphatic carbocycles. The summed E-state index contributed by atoms with van der Waals surface area (Å²) in [5.41, 5.74) is 0.742. The lowest BCUT2D eigenvalue weighted by atomic mass is 10.2. The first kappa shape index (κ1) is 18.1. The molecule has 0 fully saturated rings. The van der Waals surface area contributed by atoms with Gasteiger partial charge in [0, 0.05) is 19.6 Å². The molecule has 0 aliphatic heterocycles. The summed E-state index contributed by atoms with van der Waals surface area (Å²) < 4.78 is 40.2. The van der Waals surface area contributed by atoms with Gasteiger partial charge >= 0.3 is 0 Å². The maximum Gasteiger partial charge on any atom is 0.245 e. The Morgan fingerprint density at radius 1 is 1.33 bits per heavy atom. The van der Waals surface area contributed by atoms with Crippen LogP contribution in [0, 0.1) is 5.82 Å². The predicted octanol–water partition coefficient (Wildman–Crippen LogP) is 2.74. The van der Waals surface area contributed by atoms with Gasteiger partial charge < -0.3 is 5.32 Å². The van der Waals surface area contributed by atoms with Crippen molar-refractivity contribution < 1.29 is 12.8 Å². The SMILES string of the molecule is CCCNCc1ccc(S(=O)(=O)N(C)C(C)CC)c(F)c1. The number of hydrogen-bond acceptors (Lipinski definition) is 3. The normalized spacial score (nSPS) is 13.6. The molecule has 120 valence electrons. The molecular formula is C15H25FN2O2S. The molecular weight excluding hydrogens is 291 g/mol. The van der Waals surface area contributed by atoms with Crippen molar-refractivity contribution in [2.45, 2.75) is 51.1 Å². The van der Waals surface area contributed by atoms with Crippen molar-refractivity contribution >= 4 is 10.0 Å². The molecule has 6 heteroatoms. The first-order chi connectivity index (χ1) is 9.84. The zero-order valence-electron chi connectivity index (χ0n) is 13.2. The molecule has 0 saturated heterocycles. The zero-order valence-corrected chi connectivity index (χ0v) is 14.0. The second-order valence-electron chi connectivity index (χ2n) is 5.22. The molecule has 0 saturated carbocycles. The second-order valence-corrected chi connectivity index (χ2v) is 7.19. The summed E-state index contributed by atoms with van der Waals surface area (Å²) in [6.45, 7) is 7.13. The molecule has 4 nitrogen and oxygen atoms in total. The van der Waals surface area contributed by atoms with Gasteiger partial charge in [-0.2, -0.15) is 4.31 Å². The minimum atomic E-state index is -3.78. The van der Waals surface area contributed by atoms with Crippen LogP contribution in [-0.4, -0.2) is 32.4 Å². The van der Waals surface area contributed by atoms with E-state index in [0.29, 0.717) is 13.0 Å². The molecule has 0 aliphatic rings. The van der Waals surface area contributed by atoms with E-state index in [0.717, 1.165) is 18.5 Å². The van der Waals surface area contributed by atoms with E-state index in [1.807, 2.05) is 13.8 Å². The van der Waals surface area contributed by atoms with E-state index < -0.39 is 15.8 Å². The summed E-state index contributed by atoms with van der Waals surface area (Å²) in [4.78, 5) is -0.260. The Kier molecular flexibility index (Phi) is 6.77. The van der Waals surface area contributed by atoms with Gasteiger partial charge in [-0.3, -0.25) is 0 Å². The van der Waals surface area contributed by atoms with Gasteiger partial charge in [0.15, 0.2) is 0 Å². The van der Waals surface area contributed by atoms with Crippen LogP contribution in [0.15, 0.2) is 23.1 Å². The van der Waals surface area contributed by atoms with Gasteiger partial charge in [0.1, 0.15) is 10.7 Å². The maximum absolute atomic E-state index is 14.1. The van der Waals surface area contributed by atoms with Gasteiger partial charge in [-0.25, -0.2) is 12.8 Å². The monoisotopic (exact) mass is 316 g/mol. The van der Waals surface area contributed by atoms with E-state index in [9.17, 15) is 12.8 Å². The van der Waals surface area contributed by atoms with Gasteiger partial charge in [0.2, 0.25) is 10.0 Å². The van der Waals surface area contributed by atoms with Crippen molar-refractivity contribution in [3.63, 3.8) is 0 Å². The molecule has 1 unspecified atom stereocenters. The summed E-state index contributed by atoms with van der Waals surface area (Å²) >= 11 is 0. The fourth-order valence-electron chi connectivity index (χ4n) is 1.92. The highest BCUT2D eigenvalue weighted by Crippen LogP contribution is 2.21. The quantitative estimate of drug-likeness (QED) is 0.750. The van der Waals surface area contributed by atoms with E-state index in [2.05, 4.69) is 5.32 Å². The summed E-state index contributed by atoms with van der Waals surface area (Å²) in [5, 5.41) is 3.16. The molecule has 0 heterocycles. The molecule has 21 heavy (non-hydrogen) atoms. The van der Waals surface area contributed by atoms with E-state index in [4.69, 9.17) is 0 Å². The summed E-state index contributed by atoms with van der Waals surface area (Å²) in [5.74, 6) is -0.694. The van der Waals surface area contributed by atoms with E-state index >= 15 is 0 Å². The van der Waals surface area contributed by atoms with Crippen LogP contribution < -0.4 is 5.32 Å². The molecule has 0 spiro atoms. The molecule has 0 radical (unpaired) electrons. The van der Waals surface area contributed by atoms with Crippen LogP contribution in [0.3, 0.4) is 0 Å². The molecule has 0 aromatic heterocycles. The molecule has 0 amide bonds. The van der Waals surface area contributed by atoms with Crippen LogP contribution >= 0.6 is 0 Å². The third-order valence-corrected chi connectivity index (χ3v) is 5.63.